The summed E-state index contributed by atoms with van der Waals surface area (Å²) < 4.78 is 0. The average molecular weight is 449 g/mol. The molecule has 4 rings (SSSR count). The molecule has 0 amide bonds. The van der Waals surface area contributed by atoms with Crippen molar-refractivity contribution in [3.63, 3.8) is 0 Å². The highest BCUT2D eigenvalue weighted by Gasteiger charge is 2.26. The minimum Gasteiger partial charge on any atom is -0.480 e. The van der Waals surface area contributed by atoms with Crippen molar-refractivity contribution in [3.05, 3.63) is 82.9 Å². The number of carbonyl (C=O) groups is 1. The van der Waals surface area contributed by atoms with Gasteiger partial charge in [-0.05, 0) is 30.4 Å². The molecule has 2 fully saturated rings. The van der Waals surface area contributed by atoms with Gasteiger partial charge < -0.3 is 10.4 Å². The fourth-order valence-corrected chi connectivity index (χ4v) is 4.38. The highest BCUT2D eigenvalue weighted by Crippen LogP contribution is 2.28. The van der Waals surface area contributed by atoms with Crippen LogP contribution in [0.1, 0.15) is 42.0 Å². The Balaban J connectivity index is 1.23. The van der Waals surface area contributed by atoms with Crippen LogP contribution in [-0.4, -0.2) is 54.1 Å². The molecule has 7 nitrogen and oxygen atoms in total. The number of rotatable bonds is 8. The molecule has 0 aromatic heterocycles. The molecule has 4 N–H and O–H groups in total. The normalized spacial score (nSPS) is 21.0. The van der Waals surface area contributed by atoms with Crippen molar-refractivity contribution in [1.82, 2.24) is 15.7 Å². The van der Waals surface area contributed by atoms with Crippen LogP contribution in [0.15, 0.2) is 66.2 Å². The van der Waals surface area contributed by atoms with Crippen molar-refractivity contribution in [2.45, 2.75) is 37.8 Å². The fourth-order valence-electron chi connectivity index (χ4n) is 4.38. The Labute approximate surface area is 194 Å². The maximum atomic E-state index is 10.9. The molecule has 7 heteroatoms. The first-order valence-corrected chi connectivity index (χ1v) is 11.6. The lowest BCUT2D eigenvalue weighted by atomic mass is 9.97. The summed E-state index contributed by atoms with van der Waals surface area (Å²) in [5.74, 6) is -0.331. The summed E-state index contributed by atoms with van der Waals surface area (Å²) in [4.78, 5) is 18.6. The van der Waals surface area contributed by atoms with Crippen molar-refractivity contribution >= 4 is 11.8 Å². The Bertz CT molecular complexity index is 965. The van der Waals surface area contributed by atoms with Crippen molar-refractivity contribution in [3.8, 4) is 0 Å². The lowest BCUT2D eigenvalue weighted by Gasteiger charge is -2.27. The maximum absolute atomic E-state index is 10.9. The molecule has 0 bridgehead atoms. The van der Waals surface area contributed by atoms with Crippen LogP contribution in [0, 0.1) is 5.41 Å². The number of carboxylic acid groups (broad SMARTS) is 1. The van der Waals surface area contributed by atoms with Gasteiger partial charge in [-0.3, -0.25) is 19.9 Å². The van der Waals surface area contributed by atoms with Crippen LogP contribution >= 0.6 is 0 Å². The summed E-state index contributed by atoms with van der Waals surface area (Å²) in [6.07, 6.45) is 5.76. The second-order valence-corrected chi connectivity index (χ2v) is 8.72. The van der Waals surface area contributed by atoms with Gasteiger partial charge in [0, 0.05) is 31.6 Å². The summed E-state index contributed by atoms with van der Waals surface area (Å²) in [5, 5.41) is 20.4. The highest BCUT2D eigenvalue weighted by molar-refractivity contribution is 5.96. The lowest BCUT2D eigenvalue weighted by Crippen LogP contribution is -2.35. The molecular weight excluding hydrogens is 416 g/mol. The number of aliphatic carboxylic acids is 1. The van der Waals surface area contributed by atoms with E-state index in [9.17, 15) is 4.79 Å². The second kappa shape index (κ2) is 11.2. The molecule has 0 spiro atoms. The molecule has 2 atom stereocenters. The van der Waals surface area contributed by atoms with Crippen LogP contribution < -0.4 is 10.8 Å². The third kappa shape index (κ3) is 6.74. The zero-order valence-electron chi connectivity index (χ0n) is 18.8. The molecular formula is C26H32N4O3. The van der Waals surface area contributed by atoms with Crippen LogP contribution in [0.3, 0.4) is 0 Å². The number of hydroxylamine groups is 1. The first-order chi connectivity index (χ1) is 16.1. The van der Waals surface area contributed by atoms with Crippen LogP contribution in [-0.2, 0) is 16.1 Å². The maximum Gasteiger partial charge on any atom is 0.317 e. The van der Waals surface area contributed by atoms with E-state index in [2.05, 4.69) is 41.1 Å². The molecule has 2 aliphatic heterocycles. The Morgan fingerprint density at radius 1 is 1.15 bits per heavy atom. The molecule has 2 saturated heterocycles. The molecule has 2 heterocycles. The molecule has 0 radical (unpaired) electrons. The zero-order chi connectivity index (χ0) is 23.0. The fraction of sp³-hybridized carbons (Fsp3) is 0.385. The molecule has 2 aromatic carbocycles. The molecule has 174 valence electrons. The van der Waals surface area contributed by atoms with E-state index in [0.29, 0.717) is 5.84 Å². The standard InChI is InChI=1S/C26H32N4O3/c27-26(28-13-10-19-4-2-1-3-5-19)22-8-6-21(7-9-22)24-17-23(33-29-24)16-20-11-14-30(15-12-20)18-25(31)32/h1-9,16,23-24,29H,10-15,17-18H2,(H2,27,28)(H,31,32). The van der Waals surface area contributed by atoms with E-state index in [1.54, 1.807) is 0 Å². The van der Waals surface area contributed by atoms with E-state index in [1.165, 1.54) is 11.1 Å². The van der Waals surface area contributed by atoms with Crippen LogP contribution in [0.2, 0.25) is 0 Å². The van der Waals surface area contributed by atoms with Gasteiger partial charge >= 0.3 is 5.97 Å². The summed E-state index contributed by atoms with van der Waals surface area (Å²) >= 11 is 0. The molecule has 33 heavy (non-hydrogen) atoms. The number of nitrogens with zero attached hydrogens (tertiary/aromatic N) is 1. The van der Waals surface area contributed by atoms with Crippen molar-refractivity contribution in [2.75, 3.05) is 26.2 Å². The van der Waals surface area contributed by atoms with Gasteiger partial charge in [-0.1, -0.05) is 66.2 Å². The third-order valence-corrected chi connectivity index (χ3v) is 6.27. The Hall–Kier alpha value is -3.00. The van der Waals surface area contributed by atoms with Gasteiger partial charge in [0.25, 0.3) is 0 Å². The highest BCUT2D eigenvalue weighted by atomic mass is 16.7. The van der Waals surface area contributed by atoms with Crippen LogP contribution in [0.5, 0.6) is 0 Å². The van der Waals surface area contributed by atoms with E-state index < -0.39 is 5.97 Å². The monoisotopic (exact) mass is 448 g/mol. The molecule has 0 saturated carbocycles. The number of hydrogen-bond donors (Lipinski definition) is 4. The van der Waals surface area contributed by atoms with E-state index in [4.69, 9.17) is 15.4 Å². The van der Waals surface area contributed by atoms with Gasteiger partial charge in [0.15, 0.2) is 0 Å². The molecule has 2 unspecified atom stereocenters. The van der Waals surface area contributed by atoms with Crippen molar-refractivity contribution < 1.29 is 14.7 Å². The van der Waals surface area contributed by atoms with E-state index >= 15 is 0 Å². The van der Waals surface area contributed by atoms with Crippen LogP contribution in [0.4, 0.5) is 0 Å². The van der Waals surface area contributed by atoms with E-state index in [0.717, 1.165) is 56.4 Å². The SMILES string of the molecule is N=C(NCCc1ccccc1)c1ccc(C2CC(C=C3CCN(CC(=O)O)CC3)ON2)cc1. The third-order valence-electron chi connectivity index (χ3n) is 6.27. The van der Waals surface area contributed by atoms with Gasteiger partial charge in [0.05, 0.1) is 18.7 Å². The summed E-state index contributed by atoms with van der Waals surface area (Å²) in [5.41, 5.74) is 7.77. The Morgan fingerprint density at radius 2 is 1.88 bits per heavy atom. The topological polar surface area (TPSA) is 97.7 Å². The van der Waals surface area contributed by atoms with Crippen molar-refractivity contribution in [2.24, 2.45) is 0 Å². The number of hydrogen-bond acceptors (Lipinski definition) is 5. The average Bonchev–Trinajstić information content (AvgIpc) is 3.29. The predicted octanol–water partition coefficient (Wildman–Crippen LogP) is 3.29. The lowest BCUT2D eigenvalue weighted by molar-refractivity contribution is -0.138. The van der Waals surface area contributed by atoms with E-state index in [1.807, 2.05) is 35.2 Å². The minimum atomic E-state index is -0.766. The number of likely N-dealkylation sites (tertiary alicyclic amines) is 1. The quantitative estimate of drug-likeness (QED) is 0.281. The first kappa shape index (κ1) is 23.2. The molecule has 2 aromatic rings. The first-order valence-electron chi connectivity index (χ1n) is 11.6. The van der Waals surface area contributed by atoms with Crippen LogP contribution in [0.25, 0.3) is 0 Å². The van der Waals surface area contributed by atoms with Gasteiger partial charge in [-0.2, -0.15) is 5.48 Å². The largest absolute Gasteiger partial charge is 0.480 e. The van der Waals surface area contributed by atoms with Crippen molar-refractivity contribution in [1.29, 1.82) is 5.41 Å². The molecule has 0 aliphatic carbocycles. The predicted molar refractivity (Wildman–Crippen MR) is 128 cm³/mol. The molecule has 2 aliphatic rings. The zero-order valence-corrected chi connectivity index (χ0v) is 18.8. The second-order valence-electron chi connectivity index (χ2n) is 8.72. The smallest absolute Gasteiger partial charge is 0.317 e. The number of amidine groups is 1. The summed E-state index contributed by atoms with van der Waals surface area (Å²) in [6.45, 7) is 2.42. The van der Waals surface area contributed by atoms with E-state index in [-0.39, 0.29) is 18.7 Å². The summed E-state index contributed by atoms with van der Waals surface area (Å²) in [6, 6.07) is 18.5. The Kier molecular flexibility index (Phi) is 7.88. The number of nitrogens with one attached hydrogen (secondary N) is 3. The summed E-state index contributed by atoms with van der Waals surface area (Å²) in [7, 11) is 0. The Morgan fingerprint density at radius 3 is 2.58 bits per heavy atom. The number of piperidine rings is 1. The van der Waals surface area contributed by atoms with Gasteiger partial charge in [-0.25, -0.2) is 0 Å². The minimum absolute atomic E-state index is 0.0219. The number of benzene rings is 2. The van der Waals surface area contributed by atoms with Gasteiger partial charge in [0.1, 0.15) is 5.84 Å². The number of carboxylic acids is 1. The van der Waals surface area contributed by atoms with Gasteiger partial charge in [0.2, 0.25) is 0 Å². The van der Waals surface area contributed by atoms with Gasteiger partial charge in [-0.15, -0.1) is 0 Å².